The van der Waals surface area contributed by atoms with Gasteiger partial charge in [-0.15, -0.1) is 0 Å². The Bertz CT molecular complexity index is 1250. The lowest BCUT2D eigenvalue weighted by Gasteiger charge is -2.39. The van der Waals surface area contributed by atoms with E-state index < -0.39 is 55.7 Å². The fourth-order valence-electron chi connectivity index (χ4n) is 5.38. The summed E-state index contributed by atoms with van der Waals surface area (Å²) in [5.74, 6) is 0.0481. The van der Waals surface area contributed by atoms with Gasteiger partial charge in [-0.25, -0.2) is 9.69 Å². The van der Waals surface area contributed by atoms with Gasteiger partial charge in [0.2, 0.25) is 6.29 Å². The van der Waals surface area contributed by atoms with Crippen LogP contribution in [0.25, 0.3) is 0 Å². The SMILES string of the molecule is Cc1cc2c(cc1C)N(C(=O)OCc1ccc(OC3O[C@H](CO)[C@H](O)[C@H](O)[C@H]3O)cc1)C(O)[C@@H]1CCCN1C2=O. The lowest BCUT2D eigenvalue weighted by atomic mass is 9.99. The average molecular weight is 559 g/mol. The molecular weight excluding hydrogens is 524 g/mol. The molecule has 2 fully saturated rings. The van der Waals surface area contributed by atoms with Crippen LogP contribution in [0.1, 0.15) is 39.9 Å². The predicted molar refractivity (Wildman–Crippen MR) is 139 cm³/mol. The summed E-state index contributed by atoms with van der Waals surface area (Å²) in [6.45, 7) is 3.56. The molecule has 0 bridgehead atoms. The Labute approximate surface area is 230 Å². The lowest BCUT2D eigenvalue weighted by Crippen LogP contribution is -2.60. The average Bonchev–Trinajstić information content (AvgIpc) is 3.42. The number of nitrogens with zero attached hydrogens (tertiary/aromatic N) is 2. The summed E-state index contributed by atoms with van der Waals surface area (Å²) >= 11 is 0. The normalized spacial score (nSPS) is 30.0. The first-order valence-electron chi connectivity index (χ1n) is 13.2. The van der Waals surface area contributed by atoms with Crippen molar-refractivity contribution in [1.82, 2.24) is 4.90 Å². The van der Waals surface area contributed by atoms with Crippen molar-refractivity contribution < 1.29 is 49.3 Å². The molecule has 3 aliphatic rings. The molecular formula is C28H34N2O10. The van der Waals surface area contributed by atoms with Crippen molar-refractivity contribution >= 4 is 17.7 Å². The van der Waals surface area contributed by atoms with E-state index in [-0.39, 0.29) is 18.3 Å². The number of benzene rings is 2. The number of aliphatic hydroxyl groups is 5. The molecule has 0 spiro atoms. The number of amides is 2. The maximum absolute atomic E-state index is 13.4. The number of carbonyl (C=O) groups excluding carboxylic acids is 2. The topological polar surface area (TPSA) is 169 Å². The third-order valence-corrected chi connectivity index (χ3v) is 7.85. The highest BCUT2D eigenvalue weighted by Gasteiger charge is 2.46. The molecule has 40 heavy (non-hydrogen) atoms. The van der Waals surface area contributed by atoms with Gasteiger partial charge in [-0.1, -0.05) is 12.1 Å². The van der Waals surface area contributed by atoms with E-state index in [2.05, 4.69) is 0 Å². The van der Waals surface area contributed by atoms with Gasteiger partial charge in [0.05, 0.1) is 23.9 Å². The van der Waals surface area contributed by atoms with Crippen molar-refractivity contribution in [1.29, 1.82) is 0 Å². The number of carbonyl (C=O) groups is 2. The maximum Gasteiger partial charge on any atom is 0.416 e. The zero-order chi connectivity index (χ0) is 28.7. The van der Waals surface area contributed by atoms with Gasteiger partial charge in [-0.3, -0.25) is 4.79 Å². The van der Waals surface area contributed by atoms with Gasteiger partial charge in [-0.2, -0.15) is 0 Å². The zero-order valence-corrected chi connectivity index (χ0v) is 22.2. The van der Waals surface area contributed by atoms with Crippen molar-refractivity contribution in [3.63, 3.8) is 0 Å². The third-order valence-electron chi connectivity index (χ3n) is 7.85. The van der Waals surface area contributed by atoms with Gasteiger partial charge in [-0.05, 0) is 67.6 Å². The van der Waals surface area contributed by atoms with E-state index in [1.807, 2.05) is 13.8 Å². The highest BCUT2D eigenvalue weighted by atomic mass is 16.7. The summed E-state index contributed by atoms with van der Waals surface area (Å²) in [7, 11) is 0. The predicted octanol–water partition coefficient (Wildman–Crippen LogP) is 0.562. The molecule has 2 saturated heterocycles. The Morgan fingerprint density at radius 2 is 1.73 bits per heavy atom. The van der Waals surface area contributed by atoms with Crippen molar-refractivity contribution in [2.24, 2.45) is 0 Å². The molecule has 5 rings (SSSR count). The first-order valence-corrected chi connectivity index (χ1v) is 13.2. The molecule has 2 unspecified atom stereocenters. The maximum atomic E-state index is 13.4. The van der Waals surface area contributed by atoms with E-state index in [0.717, 1.165) is 22.4 Å². The highest BCUT2D eigenvalue weighted by molar-refractivity contribution is 6.05. The second kappa shape index (κ2) is 11.3. The molecule has 0 radical (unpaired) electrons. The molecule has 2 amide bonds. The summed E-state index contributed by atoms with van der Waals surface area (Å²) in [6, 6.07) is 9.26. The van der Waals surface area contributed by atoms with Crippen LogP contribution in [0.4, 0.5) is 10.5 Å². The van der Waals surface area contributed by atoms with Gasteiger partial charge in [0.25, 0.3) is 5.91 Å². The highest BCUT2D eigenvalue weighted by Crippen LogP contribution is 2.36. The molecule has 2 aromatic rings. The van der Waals surface area contributed by atoms with Crippen molar-refractivity contribution in [3.05, 3.63) is 58.7 Å². The third kappa shape index (κ3) is 5.14. The standard InChI is InChI=1S/C28H34N2O10/c1-14-10-18-20(11-15(14)2)30(26(36)19-4-3-9-29(19)25(18)35)28(37)38-13-16-5-7-17(8-6-16)39-27-24(34)23(33)22(32)21(12-31)40-27/h5-8,10-11,19,21-24,26-27,31-34,36H,3-4,9,12-13H2,1-2H3/t19-,21+,22-,23-,24+,26?,27?/m0/s1. The minimum Gasteiger partial charge on any atom is -0.462 e. The van der Waals surface area contributed by atoms with Crippen LogP contribution in [-0.2, 0) is 16.1 Å². The van der Waals surface area contributed by atoms with E-state index >= 15 is 0 Å². The summed E-state index contributed by atoms with van der Waals surface area (Å²) in [4.78, 5) is 29.4. The van der Waals surface area contributed by atoms with E-state index in [0.29, 0.717) is 29.8 Å². The van der Waals surface area contributed by atoms with Crippen LogP contribution in [0.15, 0.2) is 36.4 Å². The van der Waals surface area contributed by atoms with Gasteiger partial charge >= 0.3 is 6.09 Å². The number of hydrogen-bond acceptors (Lipinski definition) is 10. The minimum absolute atomic E-state index is 0.134. The summed E-state index contributed by atoms with van der Waals surface area (Å²) in [5, 5.41) is 50.6. The molecule has 3 aliphatic heterocycles. The Hall–Kier alpha value is -3.26. The number of hydrogen-bond donors (Lipinski definition) is 5. The van der Waals surface area contributed by atoms with Gasteiger partial charge in [0, 0.05) is 6.54 Å². The Balaban J connectivity index is 1.28. The smallest absolute Gasteiger partial charge is 0.416 e. The van der Waals surface area contributed by atoms with Crippen molar-refractivity contribution in [3.8, 4) is 5.75 Å². The monoisotopic (exact) mass is 558 g/mol. The fraction of sp³-hybridized carbons (Fsp3) is 0.500. The number of fused-ring (bicyclic) bond motifs is 2. The van der Waals surface area contributed by atoms with Crippen molar-refractivity contribution in [2.45, 2.75) is 76.3 Å². The quantitative estimate of drug-likeness (QED) is 0.350. The van der Waals surface area contributed by atoms with E-state index in [1.165, 1.54) is 0 Å². The summed E-state index contributed by atoms with van der Waals surface area (Å²) in [6.07, 6.45) is -7.78. The van der Waals surface area contributed by atoms with Gasteiger partial charge < -0.3 is 44.6 Å². The fourth-order valence-corrected chi connectivity index (χ4v) is 5.38. The van der Waals surface area contributed by atoms with E-state index in [1.54, 1.807) is 41.3 Å². The number of ether oxygens (including phenoxy) is 3. The first kappa shape index (κ1) is 28.3. The van der Waals surface area contributed by atoms with Crippen LogP contribution in [0.2, 0.25) is 0 Å². The van der Waals surface area contributed by atoms with Crippen molar-refractivity contribution in [2.75, 3.05) is 18.1 Å². The number of rotatable bonds is 5. The second-order valence-electron chi connectivity index (χ2n) is 10.5. The van der Waals surface area contributed by atoms with E-state index in [9.17, 15) is 35.1 Å². The Morgan fingerprint density at radius 1 is 1.02 bits per heavy atom. The molecule has 216 valence electrons. The van der Waals surface area contributed by atoms with Crippen LogP contribution in [0.5, 0.6) is 5.75 Å². The van der Waals surface area contributed by atoms with Gasteiger partial charge in [0.1, 0.15) is 36.8 Å². The van der Waals surface area contributed by atoms with Crippen LogP contribution >= 0.6 is 0 Å². The zero-order valence-electron chi connectivity index (χ0n) is 22.2. The molecule has 0 saturated carbocycles. The molecule has 0 aromatic heterocycles. The largest absolute Gasteiger partial charge is 0.462 e. The number of aryl methyl sites for hydroxylation is 2. The van der Waals surface area contributed by atoms with Crippen LogP contribution in [0, 0.1) is 13.8 Å². The minimum atomic E-state index is -1.56. The molecule has 3 heterocycles. The Kier molecular flexibility index (Phi) is 8.00. The van der Waals surface area contributed by atoms with Crippen LogP contribution in [0.3, 0.4) is 0 Å². The molecule has 12 heteroatoms. The molecule has 5 N–H and O–H groups in total. The molecule has 0 aliphatic carbocycles. The van der Waals surface area contributed by atoms with Crippen LogP contribution in [-0.4, -0.2) is 98.6 Å². The number of aliphatic hydroxyl groups excluding tert-OH is 5. The lowest BCUT2D eigenvalue weighted by molar-refractivity contribution is -0.277. The molecule has 2 aromatic carbocycles. The molecule has 7 atom stereocenters. The second-order valence-corrected chi connectivity index (χ2v) is 10.5. The van der Waals surface area contributed by atoms with Gasteiger partial charge in [0.15, 0.2) is 6.23 Å². The summed E-state index contributed by atoms with van der Waals surface area (Å²) in [5.41, 5.74) is 3.02. The summed E-state index contributed by atoms with van der Waals surface area (Å²) < 4.78 is 16.5. The molecule has 12 nitrogen and oxygen atoms in total. The van der Waals surface area contributed by atoms with E-state index in [4.69, 9.17) is 14.2 Å². The number of anilines is 1. The Morgan fingerprint density at radius 3 is 2.42 bits per heavy atom. The van der Waals surface area contributed by atoms with Crippen LogP contribution < -0.4 is 9.64 Å². The first-order chi connectivity index (χ1) is 19.1.